The van der Waals surface area contributed by atoms with E-state index >= 15 is 0 Å². The fraction of sp³-hybridized carbons (Fsp3) is 0.571. The summed E-state index contributed by atoms with van der Waals surface area (Å²) in [5.41, 5.74) is 0.122. The minimum atomic E-state index is -1.01. The van der Waals surface area contributed by atoms with E-state index in [0.29, 0.717) is 5.82 Å². The lowest BCUT2D eigenvalue weighted by molar-refractivity contribution is 0.0697. The standard InChI is InChI=1S/C14H18ClN3O2/c15-12-11(14(19)20)3-4-16-13(12)18-7-5-17(6-8-18)9-10-1-2-10/h3-4,10H,1-2,5-9H2,(H,19,20). The summed E-state index contributed by atoms with van der Waals surface area (Å²) in [7, 11) is 0. The van der Waals surface area contributed by atoms with E-state index in [4.69, 9.17) is 16.7 Å². The Labute approximate surface area is 123 Å². The summed E-state index contributed by atoms with van der Waals surface area (Å²) in [6, 6.07) is 1.44. The molecule has 5 nitrogen and oxygen atoms in total. The van der Waals surface area contributed by atoms with E-state index in [2.05, 4.69) is 14.8 Å². The molecule has 0 unspecified atom stereocenters. The Morgan fingerprint density at radius 3 is 2.65 bits per heavy atom. The molecule has 1 saturated carbocycles. The molecule has 1 saturated heterocycles. The van der Waals surface area contributed by atoms with Crippen LogP contribution in [0.5, 0.6) is 0 Å². The first-order chi connectivity index (χ1) is 9.65. The van der Waals surface area contributed by atoms with Gasteiger partial charge in [0, 0.05) is 38.9 Å². The predicted octanol–water partition coefficient (Wildman–Crippen LogP) is 1.97. The summed E-state index contributed by atoms with van der Waals surface area (Å²) >= 11 is 6.17. The van der Waals surface area contributed by atoms with Crippen molar-refractivity contribution in [3.05, 3.63) is 22.8 Å². The highest BCUT2D eigenvalue weighted by molar-refractivity contribution is 6.35. The fourth-order valence-corrected chi connectivity index (χ4v) is 2.94. The van der Waals surface area contributed by atoms with Crippen molar-refractivity contribution >= 4 is 23.4 Å². The zero-order chi connectivity index (χ0) is 14.1. The molecule has 2 aliphatic rings. The molecule has 0 atom stereocenters. The molecule has 1 aliphatic carbocycles. The van der Waals surface area contributed by atoms with Crippen LogP contribution in [0.3, 0.4) is 0 Å². The number of nitrogens with zero attached hydrogens (tertiary/aromatic N) is 3. The number of hydrogen-bond acceptors (Lipinski definition) is 4. The summed E-state index contributed by atoms with van der Waals surface area (Å²) < 4.78 is 0. The van der Waals surface area contributed by atoms with E-state index in [1.807, 2.05) is 0 Å². The first-order valence-electron chi connectivity index (χ1n) is 7.00. The van der Waals surface area contributed by atoms with Crippen molar-refractivity contribution in [1.82, 2.24) is 9.88 Å². The monoisotopic (exact) mass is 295 g/mol. The third kappa shape index (κ3) is 2.88. The largest absolute Gasteiger partial charge is 0.478 e. The van der Waals surface area contributed by atoms with Crippen LogP contribution >= 0.6 is 11.6 Å². The van der Waals surface area contributed by atoms with E-state index in [1.165, 1.54) is 31.6 Å². The number of anilines is 1. The maximum atomic E-state index is 11.1. The number of piperazine rings is 1. The average Bonchev–Trinajstić information content (AvgIpc) is 3.24. The molecule has 2 heterocycles. The van der Waals surface area contributed by atoms with Crippen LogP contribution in [0, 0.1) is 5.92 Å². The number of carbonyl (C=O) groups is 1. The highest BCUT2D eigenvalue weighted by atomic mass is 35.5. The number of pyridine rings is 1. The normalized spacial score (nSPS) is 20.1. The van der Waals surface area contributed by atoms with Gasteiger partial charge >= 0.3 is 5.97 Å². The molecule has 1 aromatic rings. The fourth-order valence-electron chi connectivity index (χ4n) is 2.63. The van der Waals surface area contributed by atoms with E-state index in [-0.39, 0.29) is 10.6 Å². The highest BCUT2D eigenvalue weighted by Gasteiger charge is 2.27. The lowest BCUT2D eigenvalue weighted by Gasteiger charge is -2.35. The first kappa shape index (κ1) is 13.6. The summed E-state index contributed by atoms with van der Waals surface area (Å²) in [5, 5.41) is 9.34. The van der Waals surface area contributed by atoms with E-state index in [9.17, 15) is 4.79 Å². The minimum absolute atomic E-state index is 0.122. The number of carboxylic acid groups (broad SMARTS) is 1. The average molecular weight is 296 g/mol. The van der Waals surface area contributed by atoms with Gasteiger partial charge in [0.1, 0.15) is 5.82 Å². The zero-order valence-corrected chi connectivity index (χ0v) is 12.0. The number of carboxylic acids is 1. The second kappa shape index (κ2) is 5.58. The molecule has 108 valence electrons. The lowest BCUT2D eigenvalue weighted by atomic mass is 10.2. The third-order valence-corrected chi connectivity index (χ3v) is 4.36. The molecular formula is C14H18ClN3O2. The molecule has 0 bridgehead atoms. The summed E-state index contributed by atoms with van der Waals surface area (Å²) in [5.74, 6) is 0.488. The van der Waals surface area contributed by atoms with Gasteiger partial charge in [-0.05, 0) is 24.8 Å². The van der Waals surface area contributed by atoms with Gasteiger partial charge in [-0.15, -0.1) is 0 Å². The molecule has 0 radical (unpaired) electrons. The van der Waals surface area contributed by atoms with Crippen LogP contribution in [0.15, 0.2) is 12.3 Å². The second-order valence-electron chi connectivity index (χ2n) is 5.53. The Morgan fingerprint density at radius 2 is 2.05 bits per heavy atom. The second-order valence-corrected chi connectivity index (χ2v) is 5.91. The van der Waals surface area contributed by atoms with E-state index in [1.54, 1.807) is 0 Å². The number of halogens is 1. The van der Waals surface area contributed by atoms with Crippen LogP contribution in [0.4, 0.5) is 5.82 Å². The van der Waals surface area contributed by atoms with Crippen LogP contribution in [-0.4, -0.2) is 53.7 Å². The maximum absolute atomic E-state index is 11.1. The van der Waals surface area contributed by atoms with Crippen molar-refractivity contribution < 1.29 is 9.90 Å². The van der Waals surface area contributed by atoms with Gasteiger partial charge in [-0.1, -0.05) is 11.6 Å². The summed E-state index contributed by atoms with van der Waals surface area (Å²) in [6.45, 7) is 4.88. The lowest BCUT2D eigenvalue weighted by Crippen LogP contribution is -2.47. The van der Waals surface area contributed by atoms with Crippen molar-refractivity contribution in [3.8, 4) is 0 Å². The van der Waals surface area contributed by atoms with Crippen molar-refractivity contribution in [2.24, 2.45) is 5.92 Å². The van der Waals surface area contributed by atoms with Gasteiger partial charge in [0.25, 0.3) is 0 Å². The van der Waals surface area contributed by atoms with Crippen molar-refractivity contribution in [1.29, 1.82) is 0 Å². The van der Waals surface area contributed by atoms with Gasteiger partial charge in [-0.3, -0.25) is 4.90 Å². The van der Waals surface area contributed by atoms with Crippen molar-refractivity contribution in [2.45, 2.75) is 12.8 Å². The molecule has 0 amide bonds. The third-order valence-electron chi connectivity index (χ3n) is 3.99. The Balaban J connectivity index is 1.68. The van der Waals surface area contributed by atoms with Gasteiger partial charge in [-0.25, -0.2) is 9.78 Å². The molecule has 2 fully saturated rings. The summed E-state index contributed by atoms with van der Waals surface area (Å²) in [4.78, 5) is 19.9. The van der Waals surface area contributed by atoms with E-state index in [0.717, 1.165) is 32.1 Å². The Bertz CT molecular complexity index is 511. The number of aromatic carboxylic acids is 1. The molecule has 1 aliphatic heterocycles. The molecule has 0 aromatic carbocycles. The molecule has 20 heavy (non-hydrogen) atoms. The minimum Gasteiger partial charge on any atom is -0.478 e. The maximum Gasteiger partial charge on any atom is 0.337 e. The Hall–Kier alpha value is -1.33. The molecule has 3 rings (SSSR count). The highest BCUT2D eigenvalue weighted by Crippen LogP contribution is 2.31. The van der Waals surface area contributed by atoms with Gasteiger partial charge in [-0.2, -0.15) is 0 Å². The van der Waals surface area contributed by atoms with Crippen LogP contribution in [0.1, 0.15) is 23.2 Å². The molecule has 0 spiro atoms. The zero-order valence-electron chi connectivity index (χ0n) is 11.3. The van der Waals surface area contributed by atoms with Gasteiger partial charge in [0.05, 0.1) is 10.6 Å². The van der Waals surface area contributed by atoms with Gasteiger partial charge < -0.3 is 10.0 Å². The predicted molar refractivity (Wildman–Crippen MR) is 77.6 cm³/mol. The van der Waals surface area contributed by atoms with Gasteiger partial charge in [0.2, 0.25) is 0 Å². The molecular weight excluding hydrogens is 278 g/mol. The number of rotatable bonds is 4. The molecule has 6 heteroatoms. The summed E-state index contributed by atoms with van der Waals surface area (Å²) in [6.07, 6.45) is 4.25. The smallest absolute Gasteiger partial charge is 0.337 e. The van der Waals surface area contributed by atoms with Crippen LogP contribution in [0.2, 0.25) is 5.02 Å². The van der Waals surface area contributed by atoms with Gasteiger partial charge in [0.15, 0.2) is 0 Å². The topological polar surface area (TPSA) is 56.7 Å². The van der Waals surface area contributed by atoms with E-state index < -0.39 is 5.97 Å². The van der Waals surface area contributed by atoms with Crippen molar-refractivity contribution in [2.75, 3.05) is 37.6 Å². The van der Waals surface area contributed by atoms with Crippen LogP contribution in [-0.2, 0) is 0 Å². The Kier molecular flexibility index (Phi) is 3.81. The van der Waals surface area contributed by atoms with Crippen molar-refractivity contribution in [3.63, 3.8) is 0 Å². The first-order valence-corrected chi connectivity index (χ1v) is 7.38. The molecule has 1 N–H and O–H groups in total. The molecule has 1 aromatic heterocycles. The van der Waals surface area contributed by atoms with Crippen LogP contribution in [0.25, 0.3) is 0 Å². The Morgan fingerprint density at radius 1 is 1.35 bits per heavy atom. The van der Waals surface area contributed by atoms with Crippen LogP contribution < -0.4 is 4.90 Å². The quantitative estimate of drug-likeness (QED) is 0.920. The number of hydrogen-bond donors (Lipinski definition) is 1. The SMILES string of the molecule is O=C(O)c1ccnc(N2CCN(CC3CC3)CC2)c1Cl. The number of aromatic nitrogens is 1.